The van der Waals surface area contributed by atoms with Crippen LogP contribution in [0.3, 0.4) is 0 Å². The number of aryl methyl sites for hydroxylation is 1. The van der Waals surface area contributed by atoms with E-state index in [0.717, 1.165) is 5.56 Å². The molecule has 1 aliphatic heterocycles. The van der Waals surface area contributed by atoms with E-state index in [1.807, 2.05) is 30.9 Å². The minimum atomic E-state index is -3.49. The van der Waals surface area contributed by atoms with Crippen molar-refractivity contribution >= 4 is 15.9 Å². The fourth-order valence-electron chi connectivity index (χ4n) is 2.89. The van der Waals surface area contributed by atoms with Gasteiger partial charge in [0.2, 0.25) is 15.9 Å². The Morgan fingerprint density at radius 3 is 2.56 bits per heavy atom. The number of rotatable bonds is 6. The standard InChI is InChI=1S/C18H27N3O3S/c1-4-10-19-18(22)16(3)20-11-5-12-21(14-13-20)25(23,24)17-8-6-15(2)7-9-17/h4,6-9,16H,1,5,10-14H2,2-3H3,(H,19,22)/t16-/m1/s1. The summed E-state index contributed by atoms with van der Waals surface area (Å²) in [6, 6.07) is 6.63. The topological polar surface area (TPSA) is 69.7 Å². The third-order valence-electron chi connectivity index (χ3n) is 4.50. The van der Waals surface area contributed by atoms with Gasteiger partial charge in [-0.15, -0.1) is 6.58 Å². The smallest absolute Gasteiger partial charge is 0.243 e. The van der Waals surface area contributed by atoms with Gasteiger partial charge in [-0.1, -0.05) is 23.8 Å². The number of nitrogens with one attached hydrogen (secondary N) is 1. The molecule has 1 aromatic rings. The molecule has 0 saturated carbocycles. The normalized spacial score (nSPS) is 18.3. The summed E-state index contributed by atoms with van der Waals surface area (Å²) in [5, 5.41) is 2.79. The Kier molecular flexibility index (Phi) is 6.75. The van der Waals surface area contributed by atoms with Crippen LogP contribution in [0.25, 0.3) is 0 Å². The van der Waals surface area contributed by atoms with Gasteiger partial charge in [-0.25, -0.2) is 8.42 Å². The molecule has 0 aliphatic carbocycles. The van der Waals surface area contributed by atoms with Crippen molar-refractivity contribution in [3.63, 3.8) is 0 Å². The molecule has 1 atom stereocenters. The highest BCUT2D eigenvalue weighted by Crippen LogP contribution is 2.19. The predicted molar refractivity (Wildman–Crippen MR) is 98.8 cm³/mol. The van der Waals surface area contributed by atoms with Gasteiger partial charge in [0, 0.05) is 32.7 Å². The molecule has 138 valence electrons. The Labute approximate surface area is 150 Å². The molecule has 1 saturated heterocycles. The van der Waals surface area contributed by atoms with E-state index in [9.17, 15) is 13.2 Å². The number of nitrogens with zero attached hydrogens (tertiary/aromatic N) is 2. The summed E-state index contributed by atoms with van der Waals surface area (Å²) in [6.07, 6.45) is 2.34. The molecule has 1 N–H and O–H groups in total. The predicted octanol–water partition coefficient (Wildman–Crippen LogP) is 1.38. The van der Waals surface area contributed by atoms with E-state index in [1.165, 1.54) is 4.31 Å². The van der Waals surface area contributed by atoms with Gasteiger partial charge in [0.25, 0.3) is 0 Å². The fourth-order valence-corrected chi connectivity index (χ4v) is 4.36. The van der Waals surface area contributed by atoms with Crippen molar-refractivity contribution in [3.8, 4) is 0 Å². The third-order valence-corrected chi connectivity index (χ3v) is 6.41. The van der Waals surface area contributed by atoms with E-state index < -0.39 is 10.0 Å². The number of hydrogen-bond donors (Lipinski definition) is 1. The molecule has 0 radical (unpaired) electrons. The lowest BCUT2D eigenvalue weighted by atomic mass is 10.2. The molecule has 1 aliphatic rings. The molecule has 1 heterocycles. The minimum absolute atomic E-state index is 0.0604. The molecule has 0 aromatic heterocycles. The van der Waals surface area contributed by atoms with Gasteiger partial charge in [-0.2, -0.15) is 4.31 Å². The molecule has 1 aromatic carbocycles. The quantitative estimate of drug-likeness (QED) is 0.774. The highest BCUT2D eigenvalue weighted by Gasteiger charge is 2.29. The van der Waals surface area contributed by atoms with Crippen LogP contribution in [0.15, 0.2) is 41.8 Å². The number of carbonyl (C=O) groups excluding carboxylic acids is 1. The van der Waals surface area contributed by atoms with E-state index in [-0.39, 0.29) is 11.9 Å². The monoisotopic (exact) mass is 365 g/mol. The number of hydrogen-bond acceptors (Lipinski definition) is 4. The average Bonchev–Trinajstić information content (AvgIpc) is 2.86. The largest absolute Gasteiger partial charge is 0.351 e. The molecule has 0 unspecified atom stereocenters. The molecule has 25 heavy (non-hydrogen) atoms. The molecule has 2 rings (SSSR count). The second-order valence-electron chi connectivity index (χ2n) is 6.32. The molecule has 0 spiro atoms. The van der Waals surface area contributed by atoms with Crippen LogP contribution >= 0.6 is 0 Å². The lowest BCUT2D eigenvalue weighted by Crippen LogP contribution is -2.46. The first-order chi connectivity index (χ1) is 11.9. The Hall–Kier alpha value is -1.70. The van der Waals surface area contributed by atoms with Gasteiger partial charge in [0.1, 0.15) is 0 Å². The van der Waals surface area contributed by atoms with E-state index in [1.54, 1.807) is 18.2 Å². The van der Waals surface area contributed by atoms with Crippen LogP contribution in [0.2, 0.25) is 0 Å². The summed E-state index contributed by atoms with van der Waals surface area (Å²) in [4.78, 5) is 14.5. The zero-order valence-corrected chi connectivity index (χ0v) is 15.8. The summed E-state index contributed by atoms with van der Waals surface area (Å²) in [6.45, 7) is 9.89. The number of sulfonamides is 1. The SMILES string of the molecule is C=CCNC(=O)[C@@H](C)N1CCCN(S(=O)(=O)c2ccc(C)cc2)CC1. The van der Waals surface area contributed by atoms with Crippen molar-refractivity contribution < 1.29 is 13.2 Å². The van der Waals surface area contributed by atoms with Crippen LogP contribution in [-0.2, 0) is 14.8 Å². The molecular weight excluding hydrogens is 338 g/mol. The maximum atomic E-state index is 12.8. The lowest BCUT2D eigenvalue weighted by Gasteiger charge is -2.26. The van der Waals surface area contributed by atoms with Crippen LogP contribution in [0, 0.1) is 6.92 Å². The first kappa shape index (κ1) is 19.6. The van der Waals surface area contributed by atoms with E-state index in [2.05, 4.69) is 11.9 Å². The number of carbonyl (C=O) groups is 1. The third kappa shape index (κ3) is 4.90. The van der Waals surface area contributed by atoms with Gasteiger partial charge in [0.05, 0.1) is 10.9 Å². The Bertz CT molecular complexity index is 701. The molecule has 7 heteroatoms. The van der Waals surface area contributed by atoms with Crippen LogP contribution < -0.4 is 5.32 Å². The first-order valence-corrected chi connectivity index (χ1v) is 9.99. The highest BCUT2D eigenvalue weighted by atomic mass is 32.2. The fraction of sp³-hybridized carbons (Fsp3) is 0.500. The van der Waals surface area contributed by atoms with E-state index in [0.29, 0.717) is 44.0 Å². The maximum absolute atomic E-state index is 12.8. The minimum Gasteiger partial charge on any atom is -0.351 e. The second-order valence-corrected chi connectivity index (χ2v) is 8.25. The van der Waals surface area contributed by atoms with Crippen molar-refractivity contribution in [2.75, 3.05) is 32.7 Å². The van der Waals surface area contributed by atoms with Crippen molar-refractivity contribution in [3.05, 3.63) is 42.5 Å². The van der Waals surface area contributed by atoms with Gasteiger partial charge in [0.15, 0.2) is 0 Å². The average molecular weight is 365 g/mol. The van der Waals surface area contributed by atoms with Crippen molar-refractivity contribution in [2.24, 2.45) is 0 Å². The summed E-state index contributed by atoms with van der Waals surface area (Å²) in [7, 11) is -3.49. The van der Waals surface area contributed by atoms with Crippen molar-refractivity contribution in [2.45, 2.75) is 31.2 Å². The summed E-state index contributed by atoms with van der Waals surface area (Å²) >= 11 is 0. The van der Waals surface area contributed by atoms with Crippen molar-refractivity contribution in [1.29, 1.82) is 0 Å². The maximum Gasteiger partial charge on any atom is 0.243 e. The first-order valence-electron chi connectivity index (χ1n) is 8.55. The zero-order valence-electron chi connectivity index (χ0n) is 14.9. The van der Waals surface area contributed by atoms with Crippen LogP contribution in [0.4, 0.5) is 0 Å². The van der Waals surface area contributed by atoms with Gasteiger partial charge in [-0.05, 0) is 32.4 Å². The molecule has 1 fully saturated rings. The highest BCUT2D eigenvalue weighted by molar-refractivity contribution is 7.89. The van der Waals surface area contributed by atoms with Crippen LogP contribution in [0.1, 0.15) is 18.9 Å². The molecular formula is C18H27N3O3S. The van der Waals surface area contributed by atoms with Gasteiger partial charge in [-0.3, -0.25) is 9.69 Å². The van der Waals surface area contributed by atoms with Gasteiger partial charge < -0.3 is 5.32 Å². The summed E-state index contributed by atoms with van der Waals surface area (Å²) in [5.41, 5.74) is 1.03. The zero-order chi connectivity index (χ0) is 18.4. The molecule has 0 bridgehead atoms. The van der Waals surface area contributed by atoms with E-state index >= 15 is 0 Å². The van der Waals surface area contributed by atoms with Crippen LogP contribution in [0.5, 0.6) is 0 Å². The Morgan fingerprint density at radius 2 is 1.92 bits per heavy atom. The second kappa shape index (κ2) is 8.60. The number of benzene rings is 1. The molecule has 6 nitrogen and oxygen atoms in total. The molecule has 1 amide bonds. The van der Waals surface area contributed by atoms with E-state index in [4.69, 9.17) is 0 Å². The van der Waals surface area contributed by atoms with Crippen LogP contribution in [-0.4, -0.2) is 62.3 Å². The van der Waals surface area contributed by atoms with Gasteiger partial charge >= 0.3 is 0 Å². The van der Waals surface area contributed by atoms with Crippen molar-refractivity contribution in [1.82, 2.24) is 14.5 Å². The Balaban J connectivity index is 2.04. The Morgan fingerprint density at radius 1 is 1.24 bits per heavy atom. The summed E-state index contributed by atoms with van der Waals surface area (Å²) in [5.74, 6) is -0.0604. The summed E-state index contributed by atoms with van der Waals surface area (Å²) < 4.78 is 27.2. The number of amides is 1. The lowest BCUT2D eigenvalue weighted by molar-refractivity contribution is -0.125.